The molecule has 0 N–H and O–H groups in total. The maximum absolute atomic E-state index is 5.78. The van der Waals surface area contributed by atoms with E-state index >= 15 is 0 Å². The van der Waals surface area contributed by atoms with E-state index < -0.39 is 0 Å². The van der Waals surface area contributed by atoms with Crippen molar-refractivity contribution in [2.45, 2.75) is 24.6 Å². The Balaban J connectivity index is 2.07. The van der Waals surface area contributed by atoms with Crippen molar-refractivity contribution in [3.8, 4) is 0 Å². The molecule has 2 heteroatoms. The highest BCUT2D eigenvalue weighted by atomic mass is 35.5. The van der Waals surface area contributed by atoms with Crippen molar-refractivity contribution in [3.63, 3.8) is 0 Å². The molecule has 2 rings (SSSR count). The number of likely N-dealkylation sites (tertiary alicyclic amines) is 1. The van der Waals surface area contributed by atoms with Crippen molar-refractivity contribution in [2.75, 3.05) is 20.1 Å². The summed E-state index contributed by atoms with van der Waals surface area (Å²) in [6, 6.07) is 8.77. The molecule has 1 aromatic rings. The minimum absolute atomic E-state index is 0.616. The molecule has 0 unspecified atom stereocenters. The van der Waals surface area contributed by atoms with Crippen LogP contribution < -0.4 is 0 Å². The van der Waals surface area contributed by atoms with Gasteiger partial charge in [-0.2, -0.15) is 0 Å². The predicted octanol–water partition coefficient (Wildman–Crippen LogP) is 3.23. The predicted molar refractivity (Wildman–Crippen MR) is 65.5 cm³/mol. The Bertz CT molecular complexity index is 307. The Kier molecular flexibility index (Phi) is 3.66. The van der Waals surface area contributed by atoms with Crippen molar-refractivity contribution >= 4 is 11.6 Å². The first kappa shape index (κ1) is 11.0. The number of piperidine rings is 1. The summed E-state index contributed by atoms with van der Waals surface area (Å²) >= 11 is 5.78. The van der Waals surface area contributed by atoms with Gasteiger partial charge in [-0.05, 0) is 43.5 Å². The molecule has 0 aromatic heterocycles. The lowest BCUT2D eigenvalue weighted by molar-refractivity contribution is 0.251. The van der Waals surface area contributed by atoms with E-state index in [0.29, 0.717) is 11.8 Å². The van der Waals surface area contributed by atoms with Crippen LogP contribution in [-0.2, 0) is 5.88 Å². The molecule has 0 bridgehead atoms. The van der Waals surface area contributed by atoms with Crippen LogP contribution >= 0.6 is 11.6 Å². The third-order valence-corrected chi connectivity index (χ3v) is 3.54. The first-order chi connectivity index (χ1) is 7.29. The second-order valence-corrected chi connectivity index (χ2v) is 4.74. The molecular formula is C13H18ClN. The van der Waals surface area contributed by atoms with Crippen LogP contribution in [0.2, 0.25) is 0 Å². The fourth-order valence-electron chi connectivity index (χ4n) is 2.32. The third kappa shape index (κ3) is 2.73. The molecule has 1 aromatic carbocycles. The van der Waals surface area contributed by atoms with Crippen LogP contribution in [0.25, 0.3) is 0 Å². The lowest BCUT2D eigenvalue weighted by atomic mass is 9.90. The van der Waals surface area contributed by atoms with Gasteiger partial charge in [0.05, 0.1) is 0 Å². The topological polar surface area (TPSA) is 3.24 Å². The molecule has 1 heterocycles. The van der Waals surface area contributed by atoms with Crippen molar-refractivity contribution in [2.24, 2.45) is 0 Å². The molecule has 15 heavy (non-hydrogen) atoms. The summed E-state index contributed by atoms with van der Waals surface area (Å²) in [5.74, 6) is 1.33. The van der Waals surface area contributed by atoms with Crippen molar-refractivity contribution in [1.29, 1.82) is 0 Å². The van der Waals surface area contributed by atoms with Crippen LogP contribution in [0.15, 0.2) is 24.3 Å². The van der Waals surface area contributed by atoms with Gasteiger partial charge in [-0.15, -0.1) is 11.6 Å². The fourth-order valence-corrected chi connectivity index (χ4v) is 2.50. The van der Waals surface area contributed by atoms with Gasteiger partial charge in [-0.3, -0.25) is 0 Å². The minimum Gasteiger partial charge on any atom is -0.306 e. The SMILES string of the molecule is CN1CCC[C@H](c2ccc(CCl)cc2)C1. The maximum Gasteiger partial charge on any atom is 0.0474 e. The van der Waals surface area contributed by atoms with Gasteiger partial charge >= 0.3 is 0 Å². The van der Waals surface area contributed by atoms with E-state index in [0.717, 1.165) is 0 Å². The van der Waals surface area contributed by atoms with E-state index in [2.05, 4.69) is 36.2 Å². The highest BCUT2D eigenvalue weighted by Crippen LogP contribution is 2.26. The summed E-state index contributed by atoms with van der Waals surface area (Å²) in [7, 11) is 2.21. The smallest absolute Gasteiger partial charge is 0.0474 e. The fraction of sp³-hybridized carbons (Fsp3) is 0.538. The van der Waals surface area contributed by atoms with Gasteiger partial charge in [0, 0.05) is 12.4 Å². The van der Waals surface area contributed by atoms with E-state index in [1.54, 1.807) is 0 Å². The molecular weight excluding hydrogens is 206 g/mol. The van der Waals surface area contributed by atoms with Crippen LogP contribution in [0.1, 0.15) is 29.9 Å². The standard InChI is InChI=1S/C13H18ClN/c1-15-8-2-3-13(10-15)12-6-4-11(9-14)5-7-12/h4-7,13H,2-3,8-10H2,1H3/t13-/m0/s1. The molecule has 1 fully saturated rings. The average molecular weight is 224 g/mol. The highest BCUT2D eigenvalue weighted by molar-refractivity contribution is 6.17. The van der Waals surface area contributed by atoms with Gasteiger partial charge in [0.15, 0.2) is 0 Å². The summed E-state index contributed by atoms with van der Waals surface area (Å²) < 4.78 is 0. The summed E-state index contributed by atoms with van der Waals surface area (Å²) in [5, 5.41) is 0. The third-order valence-electron chi connectivity index (χ3n) is 3.23. The van der Waals surface area contributed by atoms with Gasteiger partial charge in [0.25, 0.3) is 0 Å². The number of hydrogen-bond donors (Lipinski definition) is 0. The molecule has 0 saturated carbocycles. The first-order valence-corrected chi connectivity index (χ1v) is 6.16. The molecule has 1 aliphatic heterocycles. The zero-order valence-electron chi connectivity index (χ0n) is 9.25. The van der Waals surface area contributed by atoms with Gasteiger partial charge in [-0.1, -0.05) is 24.3 Å². The minimum atomic E-state index is 0.616. The maximum atomic E-state index is 5.78. The van der Waals surface area contributed by atoms with E-state index in [1.807, 2.05) is 0 Å². The molecule has 1 aliphatic rings. The Morgan fingerprint density at radius 3 is 2.67 bits per heavy atom. The number of rotatable bonds is 2. The van der Waals surface area contributed by atoms with Gasteiger partial charge in [0.2, 0.25) is 0 Å². The zero-order chi connectivity index (χ0) is 10.7. The number of hydrogen-bond acceptors (Lipinski definition) is 1. The molecule has 82 valence electrons. The second-order valence-electron chi connectivity index (χ2n) is 4.48. The first-order valence-electron chi connectivity index (χ1n) is 5.63. The van der Waals surface area contributed by atoms with Gasteiger partial charge in [0.1, 0.15) is 0 Å². The van der Waals surface area contributed by atoms with Crippen molar-refractivity contribution < 1.29 is 0 Å². The van der Waals surface area contributed by atoms with E-state index in [1.165, 1.54) is 37.1 Å². The zero-order valence-corrected chi connectivity index (χ0v) is 10.0. The average Bonchev–Trinajstić information content (AvgIpc) is 2.29. The largest absolute Gasteiger partial charge is 0.306 e. The summed E-state index contributed by atoms with van der Waals surface area (Å²) in [5.41, 5.74) is 2.68. The van der Waals surface area contributed by atoms with Crippen LogP contribution in [0.3, 0.4) is 0 Å². The molecule has 0 spiro atoms. The summed E-state index contributed by atoms with van der Waals surface area (Å²) in [4.78, 5) is 2.42. The monoisotopic (exact) mass is 223 g/mol. The summed E-state index contributed by atoms with van der Waals surface area (Å²) in [6.45, 7) is 2.44. The van der Waals surface area contributed by atoms with Crippen LogP contribution in [-0.4, -0.2) is 25.0 Å². The van der Waals surface area contributed by atoms with Gasteiger partial charge in [-0.25, -0.2) is 0 Å². The van der Waals surface area contributed by atoms with Gasteiger partial charge < -0.3 is 4.90 Å². The Hall–Kier alpha value is -0.530. The molecule has 1 saturated heterocycles. The molecule has 0 aliphatic carbocycles. The second kappa shape index (κ2) is 5.00. The van der Waals surface area contributed by atoms with Crippen LogP contribution in [0.4, 0.5) is 0 Å². The Labute approximate surface area is 97.0 Å². The number of nitrogens with zero attached hydrogens (tertiary/aromatic N) is 1. The van der Waals surface area contributed by atoms with E-state index in [9.17, 15) is 0 Å². The number of likely N-dealkylation sites (N-methyl/N-ethyl adjacent to an activating group) is 1. The molecule has 0 amide bonds. The van der Waals surface area contributed by atoms with Crippen molar-refractivity contribution in [3.05, 3.63) is 35.4 Å². The van der Waals surface area contributed by atoms with E-state index in [-0.39, 0.29) is 0 Å². The quantitative estimate of drug-likeness (QED) is 0.696. The normalized spacial score (nSPS) is 22.9. The van der Waals surface area contributed by atoms with Crippen LogP contribution in [0, 0.1) is 0 Å². The lowest BCUT2D eigenvalue weighted by Gasteiger charge is -2.30. The Morgan fingerprint density at radius 1 is 1.33 bits per heavy atom. The Morgan fingerprint density at radius 2 is 2.07 bits per heavy atom. The molecule has 1 nitrogen and oxygen atoms in total. The lowest BCUT2D eigenvalue weighted by Crippen LogP contribution is -2.30. The van der Waals surface area contributed by atoms with E-state index in [4.69, 9.17) is 11.6 Å². The number of halogens is 1. The van der Waals surface area contributed by atoms with Crippen molar-refractivity contribution in [1.82, 2.24) is 4.90 Å². The van der Waals surface area contributed by atoms with Crippen LogP contribution in [0.5, 0.6) is 0 Å². The summed E-state index contributed by atoms with van der Waals surface area (Å²) in [6.07, 6.45) is 2.64. The molecule has 1 atom stereocenters. The highest BCUT2D eigenvalue weighted by Gasteiger charge is 2.18. The molecule has 0 radical (unpaired) electrons. The number of benzene rings is 1. The number of alkyl halides is 1.